The van der Waals surface area contributed by atoms with Crippen molar-refractivity contribution in [1.82, 2.24) is 9.97 Å². The van der Waals surface area contributed by atoms with Gasteiger partial charge >= 0.3 is 0 Å². The molecule has 6 heteroatoms. The van der Waals surface area contributed by atoms with Gasteiger partial charge in [0.2, 0.25) is 0 Å². The van der Waals surface area contributed by atoms with Gasteiger partial charge in [-0.05, 0) is 19.1 Å². The van der Waals surface area contributed by atoms with Crippen LogP contribution in [0.1, 0.15) is 4.88 Å². The zero-order chi connectivity index (χ0) is 13.0. The third-order valence-corrected chi connectivity index (χ3v) is 3.28. The Morgan fingerprint density at radius 2 is 2.28 bits per heavy atom. The normalized spacial score (nSPS) is 10.6. The fourth-order valence-corrected chi connectivity index (χ4v) is 2.33. The lowest BCUT2D eigenvalue weighted by atomic mass is 10.2. The van der Waals surface area contributed by atoms with E-state index < -0.39 is 0 Å². The molecule has 0 aliphatic carbocycles. The summed E-state index contributed by atoms with van der Waals surface area (Å²) in [5, 5.41) is 3.99. The van der Waals surface area contributed by atoms with E-state index in [1.165, 1.54) is 12.3 Å². The molecule has 96 valence electrons. The Bertz CT molecular complexity index is 513. The minimum Gasteiger partial charge on any atom is -0.383 e. The van der Waals surface area contributed by atoms with Crippen LogP contribution in [0.25, 0.3) is 11.4 Å². The first kappa shape index (κ1) is 12.9. The molecule has 2 rings (SSSR count). The highest BCUT2D eigenvalue weighted by Crippen LogP contribution is 2.28. The molecular formula is C12H14FN3OS. The molecule has 0 atom stereocenters. The number of hydrogen-bond donors (Lipinski definition) is 1. The molecule has 1 N–H and O–H groups in total. The highest BCUT2D eigenvalue weighted by molar-refractivity contribution is 7.15. The van der Waals surface area contributed by atoms with Crippen molar-refractivity contribution in [2.45, 2.75) is 6.92 Å². The van der Waals surface area contributed by atoms with Gasteiger partial charge in [0, 0.05) is 18.5 Å². The largest absolute Gasteiger partial charge is 0.383 e. The van der Waals surface area contributed by atoms with Crippen LogP contribution in [0.3, 0.4) is 0 Å². The zero-order valence-electron chi connectivity index (χ0n) is 10.2. The lowest BCUT2D eigenvalue weighted by molar-refractivity contribution is 0.211. The van der Waals surface area contributed by atoms with E-state index >= 15 is 0 Å². The Morgan fingerprint density at radius 3 is 2.94 bits per heavy atom. The van der Waals surface area contributed by atoms with Crippen molar-refractivity contribution in [3.05, 3.63) is 29.0 Å². The summed E-state index contributed by atoms with van der Waals surface area (Å²) in [5.41, 5.74) is 1.48. The molecule has 0 saturated heterocycles. The highest BCUT2D eigenvalue weighted by atomic mass is 32.1. The summed E-state index contributed by atoms with van der Waals surface area (Å²) in [6.07, 6.45) is 1.20. The van der Waals surface area contributed by atoms with Crippen molar-refractivity contribution in [2.24, 2.45) is 0 Å². The first-order valence-corrected chi connectivity index (χ1v) is 6.34. The van der Waals surface area contributed by atoms with Gasteiger partial charge in [0.05, 0.1) is 18.5 Å². The van der Waals surface area contributed by atoms with Gasteiger partial charge in [-0.2, -0.15) is 0 Å². The summed E-state index contributed by atoms with van der Waals surface area (Å²) in [6, 6.07) is 3.02. The Balaban J connectivity index is 2.16. The molecule has 0 radical (unpaired) electrons. The quantitative estimate of drug-likeness (QED) is 0.846. The Labute approximate surface area is 109 Å². The Kier molecular flexibility index (Phi) is 4.22. The van der Waals surface area contributed by atoms with Crippen molar-refractivity contribution in [1.29, 1.82) is 0 Å². The van der Waals surface area contributed by atoms with Gasteiger partial charge < -0.3 is 10.1 Å². The molecule has 0 amide bonds. The number of halogens is 1. The Hall–Kier alpha value is -1.53. The molecule has 0 aliphatic heterocycles. The SMILES string of the molecule is COCCNc1nc(-c2ccc(F)cn2)c(C)s1. The van der Waals surface area contributed by atoms with Gasteiger partial charge in [-0.15, -0.1) is 11.3 Å². The third kappa shape index (κ3) is 3.02. The van der Waals surface area contributed by atoms with Crippen molar-refractivity contribution in [2.75, 3.05) is 25.6 Å². The average molecular weight is 267 g/mol. The van der Waals surface area contributed by atoms with Crippen LogP contribution in [-0.4, -0.2) is 30.2 Å². The first-order valence-electron chi connectivity index (χ1n) is 5.53. The number of thiazole rings is 1. The van der Waals surface area contributed by atoms with Crippen LogP contribution in [0.4, 0.5) is 9.52 Å². The summed E-state index contributed by atoms with van der Waals surface area (Å²) in [6.45, 7) is 3.31. The van der Waals surface area contributed by atoms with Crippen molar-refractivity contribution >= 4 is 16.5 Å². The lowest BCUT2D eigenvalue weighted by Crippen LogP contribution is -2.07. The number of nitrogens with one attached hydrogen (secondary N) is 1. The maximum Gasteiger partial charge on any atom is 0.183 e. The monoisotopic (exact) mass is 267 g/mol. The van der Waals surface area contributed by atoms with Gasteiger partial charge in [0.1, 0.15) is 11.5 Å². The standard InChI is InChI=1S/C12H14FN3OS/c1-8-11(10-4-3-9(13)7-15-10)16-12(18-8)14-5-6-17-2/h3-4,7H,5-6H2,1-2H3,(H,14,16). The van der Waals surface area contributed by atoms with Crippen LogP contribution in [-0.2, 0) is 4.74 Å². The summed E-state index contributed by atoms with van der Waals surface area (Å²) in [4.78, 5) is 9.53. The predicted molar refractivity (Wildman–Crippen MR) is 70.4 cm³/mol. The molecule has 0 aliphatic rings. The molecule has 0 bridgehead atoms. The molecule has 2 aromatic rings. The van der Waals surface area contributed by atoms with Crippen LogP contribution in [0.2, 0.25) is 0 Å². The molecule has 0 fully saturated rings. The van der Waals surface area contributed by atoms with Crippen molar-refractivity contribution in [3.8, 4) is 11.4 Å². The second-order valence-corrected chi connectivity index (χ2v) is 4.91. The number of hydrogen-bond acceptors (Lipinski definition) is 5. The second kappa shape index (κ2) is 5.88. The Morgan fingerprint density at radius 1 is 1.44 bits per heavy atom. The lowest BCUT2D eigenvalue weighted by Gasteiger charge is -2.00. The topological polar surface area (TPSA) is 47.0 Å². The van der Waals surface area contributed by atoms with Gasteiger partial charge in [-0.3, -0.25) is 4.98 Å². The van der Waals surface area contributed by atoms with Crippen LogP contribution < -0.4 is 5.32 Å². The summed E-state index contributed by atoms with van der Waals surface area (Å²) < 4.78 is 17.8. The fraction of sp³-hybridized carbons (Fsp3) is 0.333. The minimum absolute atomic E-state index is 0.343. The van der Waals surface area contributed by atoms with E-state index in [0.29, 0.717) is 18.8 Å². The molecule has 2 aromatic heterocycles. The van der Waals surface area contributed by atoms with E-state index in [9.17, 15) is 4.39 Å². The van der Waals surface area contributed by atoms with E-state index in [4.69, 9.17) is 4.74 Å². The summed E-state index contributed by atoms with van der Waals surface area (Å²) in [5.74, 6) is -0.343. The molecule has 0 spiro atoms. The molecule has 0 saturated carbocycles. The van der Waals surface area contributed by atoms with E-state index in [1.54, 1.807) is 24.5 Å². The van der Waals surface area contributed by atoms with Crippen LogP contribution in [0.15, 0.2) is 18.3 Å². The van der Waals surface area contributed by atoms with E-state index in [-0.39, 0.29) is 5.82 Å². The molecule has 0 aromatic carbocycles. The van der Waals surface area contributed by atoms with Gasteiger partial charge in [-0.1, -0.05) is 0 Å². The number of aryl methyl sites for hydroxylation is 1. The van der Waals surface area contributed by atoms with E-state index in [0.717, 1.165) is 15.7 Å². The smallest absolute Gasteiger partial charge is 0.183 e. The molecule has 4 nitrogen and oxygen atoms in total. The summed E-state index contributed by atoms with van der Waals surface area (Å²) >= 11 is 1.55. The third-order valence-electron chi connectivity index (χ3n) is 2.35. The first-order chi connectivity index (χ1) is 8.70. The highest BCUT2D eigenvalue weighted by Gasteiger charge is 2.10. The van der Waals surface area contributed by atoms with E-state index in [1.807, 2.05) is 6.92 Å². The van der Waals surface area contributed by atoms with Gasteiger partial charge in [-0.25, -0.2) is 9.37 Å². The molecule has 2 heterocycles. The maximum absolute atomic E-state index is 12.8. The number of rotatable bonds is 5. The predicted octanol–water partition coefficient (Wildman–Crippen LogP) is 2.71. The average Bonchev–Trinajstić information content (AvgIpc) is 2.72. The van der Waals surface area contributed by atoms with Crippen LogP contribution in [0.5, 0.6) is 0 Å². The maximum atomic E-state index is 12.8. The minimum atomic E-state index is -0.343. The van der Waals surface area contributed by atoms with Gasteiger partial charge in [0.15, 0.2) is 5.13 Å². The van der Waals surface area contributed by atoms with Crippen LogP contribution >= 0.6 is 11.3 Å². The summed E-state index contributed by atoms with van der Waals surface area (Å²) in [7, 11) is 1.66. The number of methoxy groups -OCH3 is 1. The zero-order valence-corrected chi connectivity index (χ0v) is 11.1. The second-order valence-electron chi connectivity index (χ2n) is 3.71. The number of ether oxygens (including phenoxy) is 1. The van der Waals surface area contributed by atoms with Gasteiger partial charge in [0.25, 0.3) is 0 Å². The number of anilines is 1. The number of aromatic nitrogens is 2. The fourth-order valence-electron chi connectivity index (χ4n) is 1.49. The van der Waals surface area contributed by atoms with E-state index in [2.05, 4.69) is 15.3 Å². The molecule has 18 heavy (non-hydrogen) atoms. The van der Waals surface area contributed by atoms with Crippen molar-refractivity contribution < 1.29 is 9.13 Å². The number of pyridine rings is 1. The number of nitrogens with zero attached hydrogens (tertiary/aromatic N) is 2. The molecule has 0 unspecified atom stereocenters. The van der Waals surface area contributed by atoms with Crippen molar-refractivity contribution in [3.63, 3.8) is 0 Å². The molecular weight excluding hydrogens is 253 g/mol. The van der Waals surface area contributed by atoms with Crippen LogP contribution in [0, 0.1) is 12.7 Å².